The van der Waals surface area contributed by atoms with Crippen molar-refractivity contribution in [2.45, 2.75) is 52.6 Å². The van der Waals surface area contributed by atoms with E-state index in [0.717, 1.165) is 5.39 Å². The number of aliphatic hydroxyl groups is 1. The summed E-state index contributed by atoms with van der Waals surface area (Å²) in [5, 5.41) is 20.6. The number of aliphatic carboxylic acids is 1. The second-order valence-electron chi connectivity index (χ2n) is 9.00. The zero-order valence-electron chi connectivity index (χ0n) is 22.0. The van der Waals surface area contributed by atoms with Crippen molar-refractivity contribution >= 4 is 28.3 Å². The Morgan fingerprint density at radius 1 is 0.816 bits per heavy atom. The molecule has 0 heterocycles. The highest BCUT2D eigenvalue weighted by atomic mass is 16.5. The summed E-state index contributed by atoms with van der Waals surface area (Å²) in [6.07, 6.45) is 0.705. The van der Waals surface area contributed by atoms with Crippen LogP contribution in [0.2, 0.25) is 0 Å². The molecule has 2 N–H and O–H groups in total. The molecule has 0 saturated carbocycles. The third-order valence-electron chi connectivity index (χ3n) is 6.07. The molecule has 0 aliphatic carbocycles. The summed E-state index contributed by atoms with van der Waals surface area (Å²) in [5.74, 6) is 0.456. The summed E-state index contributed by atoms with van der Waals surface area (Å²) in [6.45, 7) is 5.72. The Morgan fingerprint density at radius 3 is 2.11 bits per heavy atom. The molecule has 3 aromatic rings. The zero-order chi connectivity index (χ0) is 27.7. The molecule has 0 bridgehead atoms. The summed E-state index contributed by atoms with van der Waals surface area (Å²) in [7, 11) is 0. The molecule has 1 unspecified atom stereocenters. The number of carboxylic acids is 1. The summed E-state index contributed by atoms with van der Waals surface area (Å²) >= 11 is 0. The quantitative estimate of drug-likeness (QED) is 0.190. The fourth-order valence-electron chi connectivity index (χ4n) is 4.14. The number of hydrogen-bond acceptors (Lipinski definition) is 7. The number of hydrogen-bond donors (Lipinski definition) is 2. The standard InChI is InChI=1S/C30H34O8/c1-4-27(33)26-18-23(11-12-24(26)19(2)31)37-15-6-16-38-28-13-9-21-8-10-22(36-14-5-7-29(34)35)17-25(21)30(28)20(3)32/h8-13,17-18,27,33H,4-7,14-16H2,1-3H3,(H,34,35). The Labute approximate surface area is 222 Å². The van der Waals surface area contributed by atoms with Gasteiger partial charge in [-0.15, -0.1) is 0 Å². The second-order valence-corrected chi connectivity index (χ2v) is 9.00. The van der Waals surface area contributed by atoms with Crippen molar-refractivity contribution < 1.29 is 38.8 Å². The van der Waals surface area contributed by atoms with Gasteiger partial charge in [0, 0.05) is 18.4 Å². The predicted octanol–water partition coefficient (Wildman–Crippen LogP) is 5.78. The van der Waals surface area contributed by atoms with Gasteiger partial charge in [-0.05, 0) is 79.4 Å². The van der Waals surface area contributed by atoms with Crippen molar-refractivity contribution in [2.75, 3.05) is 19.8 Å². The number of fused-ring (bicyclic) bond motifs is 1. The van der Waals surface area contributed by atoms with E-state index >= 15 is 0 Å². The molecule has 0 fully saturated rings. The van der Waals surface area contributed by atoms with Crippen molar-refractivity contribution in [1.29, 1.82) is 0 Å². The van der Waals surface area contributed by atoms with Crippen molar-refractivity contribution in [2.24, 2.45) is 0 Å². The second kappa shape index (κ2) is 13.6. The molecule has 0 aliphatic heterocycles. The smallest absolute Gasteiger partial charge is 0.303 e. The summed E-state index contributed by atoms with van der Waals surface area (Å²) in [6, 6.07) is 14.1. The molecule has 8 heteroatoms. The van der Waals surface area contributed by atoms with Crippen molar-refractivity contribution in [3.63, 3.8) is 0 Å². The van der Waals surface area contributed by atoms with Crippen molar-refractivity contribution in [3.8, 4) is 17.2 Å². The lowest BCUT2D eigenvalue weighted by Crippen LogP contribution is -2.09. The van der Waals surface area contributed by atoms with Crippen LogP contribution in [-0.4, -0.2) is 47.6 Å². The Kier molecular flexibility index (Phi) is 10.2. The number of carbonyl (C=O) groups is 3. The lowest BCUT2D eigenvalue weighted by atomic mass is 9.98. The lowest BCUT2D eigenvalue weighted by molar-refractivity contribution is -0.137. The summed E-state index contributed by atoms with van der Waals surface area (Å²) in [4.78, 5) is 35.1. The minimum atomic E-state index is -0.871. The van der Waals surface area contributed by atoms with E-state index in [0.29, 0.717) is 71.8 Å². The maximum absolute atomic E-state index is 12.5. The van der Waals surface area contributed by atoms with Gasteiger partial charge in [-0.25, -0.2) is 0 Å². The Balaban J connectivity index is 1.63. The van der Waals surface area contributed by atoms with Crippen LogP contribution in [-0.2, 0) is 4.79 Å². The number of carbonyl (C=O) groups excluding carboxylic acids is 2. The minimum Gasteiger partial charge on any atom is -0.494 e. The molecule has 0 aromatic heterocycles. The van der Waals surface area contributed by atoms with Gasteiger partial charge in [-0.3, -0.25) is 14.4 Å². The number of aliphatic hydroxyl groups excluding tert-OH is 1. The number of ketones is 2. The molecule has 3 rings (SSSR count). The van der Waals surface area contributed by atoms with E-state index in [1.165, 1.54) is 13.8 Å². The molecule has 38 heavy (non-hydrogen) atoms. The van der Waals surface area contributed by atoms with Crippen LogP contribution in [0, 0.1) is 0 Å². The molecular formula is C30H34O8. The number of Topliss-reactive ketones (excluding diaryl/α,β-unsaturated/α-hetero) is 2. The van der Waals surface area contributed by atoms with Crippen LogP contribution in [0.15, 0.2) is 48.5 Å². The maximum atomic E-state index is 12.5. The number of carboxylic acid groups (broad SMARTS) is 1. The van der Waals surface area contributed by atoms with E-state index in [2.05, 4.69) is 0 Å². The molecule has 0 radical (unpaired) electrons. The minimum absolute atomic E-state index is 0.0273. The molecular weight excluding hydrogens is 488 g/mol. The number of rotatable bonds is 15. The molecule has 3 aromatic carbocycles. The van der Waals surface area contributed by atoms with Crippen LogP contribution in [0.4, 0.5) is 0 Å². The van der Waals surface area contributed by atoms with Gasteiger partial charge in [0.1, 0.15) is 17.2 Å². The Bertz CT molecular complexity index is 1300. The average Bonchev–Trinajstić information content (AvgIpc) is 2.89. The normalized spacial score (nSPS) is 11.7. The van der Waals surface area contributed by atoms with Gasteiger partial charge in [-0.2, -0.15) is 0 Å². The maximum Gasteiger partial charge on any atom is 0.303 e. The number of ether oxygens (including phenoxy) is 3. The summed E-state index contributed by atoms with van der Waals surface area (Å²) in [5.41, 5.74) is 1.50. The van der Waals surface area contributed by atoms with E-state index in [4.69, 9.17) is 19.3 Å². The molecule has 0 saturated heterocycles. The van der Waals surface area contributed by atoms with Crippen LogP contribution in [0.5, 0.6) is 17.2 Å². The van der Waals surface area contributed by atoms with E-state index in [9.17, 15) is 19.5 Å². The highest BCUT2D eigenvalue weighted by molar-refractivity contribution is 6.09. The van der Waals surface area contributed by atoms with Gasteiger partial charge in [0.2, 0.25) is 0 Å². The van der Waals surface area contributed by atoms with Crippen LogP contribution < -0.4 is 14.2 Å². The van der Waals surface area contributed by atoms with E-state index in [1.54, 1.807) is 36.4 Å². The van der Waals surface area contributed by atoms with Crippen LogP contribution >= 0.6 is 0 Å². The first kappa shape index (κ1) is 28.7. The highest BCUT2D eigenvalue weighted by Crippen LogP contribution is 2.32. The monoisotopic (exact) mass is 522 g/mol. The Morgan fingerprint density at radius 2 is 1.45 bits per heavy atom. The number of benzene rings is 3. The van der Waals surface area contributed by atoms with Gasteiger partial charge in [0.05, 0.1) is 31.5 Å². The largest absolute Gasteiger partial charge is 0.494 e. The zero-order valence-corrected chi connectivity index (χ0v) is 22.0. The molecule has 8 nitrogen and oxygen atoms in total. The van der Waals surface area contributed by atoms with Crippen LogP contribution in [0.1, 0.15) is 78.8 Å². The van der Waals surface area contributed by atoms with Gasteiger partial charge < -0.3 is 24.4 Å². The average molecular weight is 523 g/mol. The molecule has 0 spiro atoms. The van der Waals surface area contributed by atoms with Crippen LogP contribution in [0.3, 0.4) is 0 Å². The van der Waals surface area contributed by atoms with E-state index in [-0.39, 0.29) is 24.6 Å². The van der Waals surface area contributed by atoms with Gasteiger partial charge in [0.25, 0.3) is 0 Å². The first-order valence-electron chi connectivity index (χ1n) is 12.7. The Hall–Kier alpha value is -3.91. The van der Waals surface area contributed by atoms with E-state index in [1.807, 2.05) is 19.1 Å². The van der Waals surface area contributed by atoms with Crippen molar-refractivity contribution in [3.05, 3.63) is 65.2 Å². The highest BCUT2D eigenvalue weighted by Gasteiger charge is 2.16. The van der Waals surface area contributed by atoms with Crippen molar-refractivity contribution in [1.82, 2.24) is 0 Å². The fourth-order valence-corrected chi connectivity index (χ4v) is 4.14. The van der Waals surface area contributed by atoms with E-state index < -0.39 is 12.1 Å². The lowest BCUT2D eigenvalue weighted by Gasteiger charge is -2.16. The van der Waals surface area contributed by atoms with Crippen LogP contribution in [0.25, 0.3) is 10.8 Å². The first-order chi connectivity index (χ1) is 18.2. The third-order valence-corrected chi connectivity index (χ3v) is 6.07. The fraction of sp³-hybridized carbons (Fsp3) is 0.367. The predicted molar refractivity (Wildman–Crippen MR) is 144 cm³/mol. The van der Waals surface area contributed by atoms with Gasteiger partial charge in [0.15, 0.2) is 11.6 Å². The molecule has 0 amide bonds. The molecule has 202 valence electrons. The SMILES string of the molecule is CCC(O)c1cc(OCCCOc2ccc3ccc(OCCCC(=O)O)cc3c2C(C)=O)ccc1C(C)=O. The first-order valence-corrected chi connectivity index (χ1v) is 12.7. The molecule has 1 atom stereocenters. The van der Waals surface area contributed by atoms with Gasteiger partial charge in [-0.1, -0.05) is 19.1 Å². The summed E-state index contributed by atoms with van der Waals surface area (Å²) < 4.78 is 17.4. The molecule has 0 aliphatic rings. The van der Waals surface area contributed by atoms with Gasteiger partial charge >= 0.3 is 5.97 Å². The third kappa shape index (κ3) is 7.55. The topological polar surface area (TPSA) is 119 Å².